The standard InChI is InChI=1S/C23H36O3.C21H32O4.2C21H30O4.C21H32O2/c1-4-22-11-12-23(25-13-14-26-23)15-16(22)5-6-17-18-7-8-20(24-3)21(18,2)10-9-19(17)22;3*1-19-7-6-17-15(16(19)4-5-18(19)23)3-2-14-12-21(24-10-11-25-21)9-8-20(14,17)13-22;1-4-21-12-9-15(22)13-14(21)5-6-16-17-7-8-19(23-3)20(17,2)11-10-18(16)21/h5,17-20H,4,6-15H2,1-3H3;2,15-18,22-23H,3-13H2,1H3;2*2,15-17,22H,3-13H2,1H3;13,16-19H,4-12H2,1-3H3/t17-,18-,19-,20-,21-,22-;15-,16-,17-,18-,19-,20+;2*15-,16-,17-,19-,20+;16-,17-,18-,19-,20-,21-/m00000/s1. The lowest BCUT2D eigenvalue weighted by molar-refractivity contribution is -0.191. The van der Waals surface area contributed by atoms with Crippen LogP contribution in [0.4, 0.5) is 0 Å². The van der Waals surface area contributed by atoms with Crippen LogP contribution in [-0.2, 0) is 61.8 Å². The first kappa shape index (κ1) is 89.0. The van der Waals surface area contributed by atoms with E-state index in [1.165, 1.54) is 112 Å². The fourth-order valence-corrected chi connectivity index (χ4v) is 37.4. The summed E-state index contributed by atoms with van der Waals surface area (Å²) >= 11 is 0. The molecule has 15 saturated carbocycles. The van der Waals surface area contributed by atoms with Crippen LogP contribution in [0.15, 0.2) is 58.2 Å². The minimum Gasteiger partial charge on any atom is -0.395 e. The number of aliphatic hydroxyl groups excluding tert-OH is 4. The number of fused-ring (bicyclic) bond motifs is 25. The van der Waals surface area contributed by atoms with Crippen molar-refractivity contribution in [2.24, 2.45) is 143 Å². The number of carbonyl (C=O) groups excluding carboxylic acids is 3. The largest absolute Gasteiger partial charge is 0.395 e. The quantitative estimate of drug-likeness (QED) is 0.174. The Hall–Kier alpha value is -2.85. The van der Waals surface area contributed by atoms with Crippen LogP contribution in [0.25, 0.3) is 0 Å². The molecule has 0 aromatic rings. The summed E-state index contributed by atoms with van der Waals surface area (Å²) in [7, 11) is 3.84. The van der Waals surface area contributed by atoms with Crippen LogP contribution < -0.4 is 0 Å². The van der Waals surface area contributed by atoms with Crippen molar-refractivity contribution in [3.63, 3.8) is 0 Å². The van der Waals surface area contributed by atoms with E-state index >= 15 is 0 Å². The van der Waals surface area contributed by atoms with Crippen molar-refractivity contribution >= 4 is 17.3 Å². The number of ether oxygens (including phenoxy) is 10. The second kappa shape index (κ2) is 33.1. The normalized spacial score (nSPS) is 49.1. The van der Waals surface area contributed by atoms with Gasteiger partial charge in [0, 0.05) is 112 Å². The molecule has 4 aliphatic heterocycles. The van der Waals surface area contributed by atoms with E-state index in [-0.39, 0.29) is 64.2 Å². The lowest BCUT2D eigenvalue weighted by Gasteiger charge is -2.59. The number of ketones is 3. The molecular formula is C107H160O17. The van der Waals surface area contributed by atoms with E-state index < -0.39 is 17.4 Å². The van der Waals surface area contributed by atoms with Crippen LogP contribution >= 0.6 is 0 Å². The molecule has 690 valence electrons. The minimum absolute atomic E-state index is 0.0711. The molecule has 0 aromatic heterocycles. The van der Waals surface area contributed by atoms with Gasteiger partial charge in [-0.05, 0) is 321 Å². The Balaban J connectivity index is 0.0000000982. The third-order valence-corrected chi connectivity index (χ3v) is 44.2. The molecule has 4 spiro atoms. The number of methoxy groups -OCH3 is 2. The van der Waals surface area contributed by atoms with Crippen LogP contribution in [-0.4, -0.2) is 166 Å². The van der Waals surface area contributed by atoms with E-state index in [1.807, 2.05) is 20.3 Å². The molecule has 17 heteroatoms. The van der Waals surface area contributed by atoms with Gasteiger partial charge < -0.3 is 67.8 Å². The summed E-state index contributed by atoms with van der Waals surface area (Å²) in [4.78, 5) is 37.0. The van der Waals surface area contributed by atoms with Crippen LogP contribution in [0.5, 0.6) is 0 Å². The smallest absolute Gasteiger partial charge is 0.172 e. The van der Waals surface area contributed by atoms with Crippen molar-refractivity contribution in [1.29, 1.82) is 0 Å². The topological polar surface area (TPSA) is 224 Å². The predicted molar refractivity (Wildman–Crippen MR) is 473 cm³/mol. The molecule has 4 N–H and O–H groups in total. The molecule has 19 fully saturated rings. The summed E-state index contributed by atoms with van der Waals surface area (Å²) in [5, 5.41) is 42.1. The molecule has 0 bridgehead atoms. The van der Waals surface area contributed by atoms with Gasteiger partial charge in [0.05, 0.1) is 91.0 Å². The molecule has 4 saturated heterocycles. The number of aliphatic hydroxyl groups is 4. The van der Waals surface area contributed by atoms with Crippen LogP contribution in [0.1, 0.15) is 318 Å². The van der Waals surface area contributed by atoms with Gasteiger partial charge >= 0.3 is 0 Å². The van der Waals surface area contributed by atoms with Crippen molar-refractivity contribution < 1.29 is 82.2 Å². The van der Waals surface area contributed by atoms with E-state index in [9.17, 15) is 34.8 Å². The number of carbonyl (C=O) groups is 3. The molecule has 24 rings (SSSR count). The maximum Gasteiger partial charge on any atom is 0.172 e. The number of hydrogen-bond acceptors (Lipinski definition) is 17. The highest BCUT2D eigenvalue weighted by Gasteiger charge is 2.69. The van der Waals surface area contributed by atoms with Crippen molar-refractivity contribution in [3.05, 3.63) is 58.2 Å². The molecule has 124 heavy (non-hydrogen) atoms. The zero-order chi connectivity index (χ0) is 86.1. The highest BCUT2D eigenvalue weighted by Crippen LogP contribution is 2.73. The fourth-order valence-electron chi connectivity index (χ4n) is 37.4. The van der Waals surface area contributed by atoms with Crippen LogP contribution in [0.3, 0.4) is 0 Å². The van der Waals surface area contributed by atoms with Crippen LogP contribution in [0, 0.1) is 143 Å². The Labute approximate surface area is 743 Å². The zero-order valence-electron chi connectivity index (χ0n) is 77.9. The van der Waals surface area contributed by atoms with Gasteiger partial charge in [-0.3, -0.25) is 14.4 Å². The Morgan fingerprint density at radius 3 is 1.03 bits per heavy atom. The Bertz CT molecular complexity index is 4040. The van der Waals surface area contributed by atoms with E-state index in [1.54, 1.807) is 5.57 Å². The molecule has 0 unspecified atom stereocenters. The first-order valence-electron chi connectivity index (χ1n) is 51.5. The third-order valence-electron chi connectivity index (χ3n) is 44.2. The van der Waals surface area contributed by atoms with E-state index in [4.69, 9.17) is 47.4 Å². The summed E-state index contributed by atoms with van der Waals surface area (Å²) in [6.07, 6.45) is 58.2. The highest BCUT2D eigenvalue weighted by molar-refractivity contribution is 5.92. The van der Waals surface area contributed by atoms with E-state index in [2.05, 4.69) is 72.8 Å². The van der Waals surface area contributed by atoms with Gasteiger partial charge in [-0.25, -0.2) is 0 Å². The molecular weight excluding hydrogens is 1560 g/mol. The summed E-state index contributed by atoms with van der Waals surface area (Å²) in [5.41, 5.74) is 8.53. The van der Waals surface area contributed by atoms with Gasteiger partial charge in [-0.2, -0.15) is 0 Å². The van der Waals surface area contributed by atoms with Gasteiger partial charge in [0.15, 0.2) is 28.9 Å². The second-order valence-electron chi connectivity index (χ2n) is 47.2. The molecule has 24 aliphatic rings. The average Bonchev–Trinajstić information content (AvgIpc) is 1.68. The number of rotatable bonds is 7. The molecule has 20 aliphatic carbocycles. The Morgan fingerprint density at radius 1 is 0.323 bits per heavy atom. The van der Waals surface area contributed by atoms with Crippen molar-refractivity contribution in [3.8, 4) is 0 Å². The van der Waals surface area contributed by atoms with Gasteiger partial charge in [0.1, 0.15) is 11.6 Å². The number of Topliss-reactive ketones (excluding diaryl/α,β-unsaturated/α-hetero) is 2. The zero-order valence-corrected chi connectivity index (χ0v) is 77.9. The summed E-state index contributed by atoms with van der Waals surface area (Å²) in [6.45, 7) is 23.0. The monoisotopic (exact) mass is 1720 g/mol. The van der Waals surface area contributed by atoms with Crippen molar-refractivity contribution in [2.75, 3.05) is 86.9 Å². The van der Waals surface area contributed by atoms with Crippen molar-refractivity contribution in [2.45, 2.75) is 360 Å². The molecule has 4 heterocycles. The van der Waals surface area contributed by atoms with Crippen LogP contribution in [0.2, 0.25) is 0 Å². The minimum atomic E-state index is -0.427. The summed E-state index contributed by atoms with van der Waals surface area (Å²) < 4.78 is 59.8. The van der Waals surface area contributed by atoms with E-state index in [0.717, 1.165) is 229 Å². The number of hydrogen-bond donors (Lipinski definition) is 4. The average molecular weight is 1720 g/mol. The van der Waals surface area contributed by atoms with Gasteiger partial charge in [-0.1, -0.05) is 101 Å². The lowest BCUT2D eigenvalue weighted by Crippen LogP contribution is -2.55. The molecule has 17 nitrogen and oxygen atoms in total. The van der Waals surface area contributed by atoms with Crippen molar-refractivity contribution in [1.82, 2.24) is 0 Å². The Kier molecular flexibility index (Phi) is 23.7. The lowest BCUT2D eigenvalue weighted by atomic mass is 9.46. The summed E-state index contributed by atoms with van der Waals surface area (Å²) in [6, 6.07) is 0. The highest BCUT2D eigenvalue weighted by atomic mass is 16.8. The van der Waals surface area contributed by atoms with Gasteiger partial charge in [0.2, 0.25) is 0 Å². The SMILES string of the molecule is CC[C@]12CCC(=O)C=C1CC[C@@H]1[C@@H]2CC[C@]2(C)[C@@H](OC)CC[C@@H]12.CC[C@]12CCC3(CC1=CC[C@@H]1[C@@H]2CC[C@]2(C)[C@@H](OC)CC[C@@H]12)OCCO3.C[C@]12CC[C@H]3[C@@H](CC=C4CC5(CC[C@@]43CO)OCCO5)[C@@H]1CCC2=O.C[C@]12CC[C@H]3[C@@H](CC=C4CC5(CC[C@@]43CO)OCCO5)[C@@H]1CCC2=O.C[C@]12CC[C@H]3[C@@H](CC=C4CC5(CC[C@@]43CO)OCCO5)[C@@H]1CC[C@@H]2O. The first-order valence-corrected chi connectivity index (χ1v) is 51.5. The second-order valence-corrected chi connectivity index (χ2v) is 47.2. The maximum atomic E-state index is 12.5. The molecule has 0 radical (unpaired) electrons. The molecule has 28 atom stereocenters. The number of allylic oxidation sites excluding steroid dienone is 5. The van der Waals surface area contributed by atoms with E-state index in [0.29, 0.717) is 144 Å². The summed E-state index contributed by atoms with van der Waals surface area (Å²) in [5.74, 6) is 9.82. The van der Waals surface area contributed by atoms with Gasteiger partial charge in [-0.15, -0.1) is 0 Å². The fraction of sp³-hybridized carbons (Fsp3) is 0.879. The molecule has 0 amide bonds. The Morgan fingerprint density at radius 2 is 0.645 bits per heavy atom. The maximum absolute atomic E-state index is 12.5. The first-order chi connectivity index (χ1) is 59.7. The molecule has 0 aromatic carbocycles. The predicted octanol–water partition coefficient (Wildman–Crippen LogP) is 19.5. The third kappa shape index (κ3) is 13.6. The van der Waals surface area contributed by atoms with Gasteiger partial charge in [0.25, 0.3) is 0 Å².